The SMILES string of the molecule is CC/C=C\n1cncn1. The van der Waals surface area contributed by atoms with Gasteiger partial charge in [0.05, 0.1) is 0 Å². The highest BCUT2D eigenvalue weighted by molar-refractivity contribution is 5.17. The Balaban J connectivity index is 2.57. The highest BCUT2D eigenvalue weighted by atomic mass is 15.3. The fourth-order valence-electron chi connectivity index (χ4n) is 0.508. The average molecular weight is 123 g/mol. The fourth-order valence-corrected chi connectivity index (χ4v) is 0.508. The standard InChI is InChI=1S/C6H9N3/c1-2-3-4-9-6-7-5-8-9/h3-6H,2H2,1H3/b4-3-. The fraction of sp³-hybridized carbons (Fsp3) is 0.333. The van der Waals surface area contributed by atoms with Gasteiger partial charge in [-0.3, -0.25) is 0 Å². The van der Waals surface area contributed by atoms with Gasteiger partial charge >= 0.3 is 0 Å². The maximum Gasteiger partial charge on any atom is 0.138 e. The summed E-state index contributed by atoms with van der Waals surface area (Å²) in [7, 11) is 0. The molecule has 0 atom stereocenters. The molecule has 0 radical (unpaired) electrons. The first-order chi connectivity index (χ1) is 4.43. The van der Waals surface area contributed by atoms with E-state index in [9.17, 15) is 0 Å². The molecular weight excluding hydrogens is 114 g/mol. The monoisotopic (exact) mass is 123 g/mol. The van der Waals surface area contributed by atoms with Crippen LogP contribution < -0.4 is 0 Å². The zero-order valence-corrected chi connectivity index (χ0v) is 5.36. The predicted octanol–water partition coefficient (Wildman–Crippen LogP) is 1.16. The van der Waals surface area contributed by atoms with Crippen molar-refractivity contribution in [3.8, 4) is 0 Å². The van der Waals surface area contributed by atoms with Gasteiger partial charge in [0, 0.05) is 6.20 Å². The molecule has 3 nitrogen and oxygen atoms in total. The minimum atomic E-state index is 1.03. The van der Waals surface area contributed by atoms with Gasteiger partial charge in [-0.05, 0) is 6.42 Å². The number of hydrogen-bond acceptors (Lipinski definition) is 2. The van der Waals surface area contributed by atoms with Crippen LogP contribution in [0.3, 0.4) is 0 Å². The minimum absolute atomic E-state index is 1.03. The van der Waals surface area contributed by atoms with Crippen LogP contribution in [-0.4, -0.2) is 14.8 Å². The van der Waals surface area contributed by atoms with Crippen LogP contribution in [0, 0.1) is 0 Å². The number of aromatic nitrogens is 3. The molecule has 48 valence electrons. The molecule has 0 unspecified atom stereocenters. The van der Waals surface area contributed by atoms with Crippen LogP contribution in [0.2, 0.25) is 0 Å². The summed E-state index contributed by atoms with van der Waals surface area (Å²) < 4.78 is 1.67. The molecule has 0 fully saturated rings. The van der Waals surface area contributed by atoms with Crippen molar-refractivity contribution in [1.29, 1.82) is 0 Å². The molecule has 0 aliphatic heterocycles. The van der Waals surface area contributed by atoms with E-state index in [-0.39, 0.29) is 0 Å². The molecule has 1 rings (SSSR count). The third-order valence-electron chi connectivity index (χ3n) is 0.930. The molecule has 0 N–H and O–H groups in total. The van der Waals surface area contributed by atoms with Crippen molar-refractivity contribution in [3.05, 3.63) is 18.7 Å². The zero-order chi connectivity index (χ0) is 6.53. The number of allylic oxidation sites excluding steroid dienone is 1. The molecule has 1 aromatic rings. The number of rotatable bonds is 2. The van der Waals surface area contributed by atoms with E-state index in [0.29, 0.717) is 0 Å². The van der Waals surface area contributed by atoms with E-state index in [1.54, 1.807) is 11.0 Å². The Labute approximate surface area is 54.0 Å². The van der Waals surface area contributed by atoms with E-state index in [1.807, 2.05) is 12.3 Å². The molecule has 3 heteroatoms. The smallest absolute Gasteiger partial charge is 0.138 e. The normalized spacial score (nSPS) is 10.8. The van der Waals surface area contributed by atoms with Crippen LogP contribution in [0.1, 0.15) is 13.3 Å². The van der Waals surface area contributed by atoms with Crippen molar-refractivity contribution in [2.45, 2.75) is 13.3 Å². The van der Waals surface area contributed by atoms with Crippen molar-refractivity contribution in [2.24, 2.45) is 0 Å². The Hall–Kier alpha value is -1.12. The molecule has 0 bridgehead atoms. The molecule has 1 aromatic heterocycles. The topological polar surface area (TPSA) is 30.7 Å². The largest absolute Gasteiger partial charge is 0.229 e. The van der Waals surface area contributed by atoms with Gasteiger partial charge in [0.2, 0.25) is 0 Å². The summed E-state index contributed by atoms with van der Waals surface area (Å²) >= 11 is 0. The molecule has 0 saturated carbocycles. The summed E-state index contributed by atoms with van der Waals surface area (Å²) in [5, 5.41) is 3.87. The third-order valence-corrected chi connectivity index (χ3v) is 0.930. The molecule has 9 heavy (non-hydrogen) atoms. The van der Waals surface area contributed by atoms with Crippen LogP contribution >= 0.6 is 0 Å². The summed E-state index contributed by atoms with van der Waals surface area (Å²) in [5.74, 6) is 0. The van der Waals surface area contributed by atoms with Gasteiger partial charge in [0.25, 0.3) is 0 Å². The van der Waals surface area contributed by atoms with Crippen LogP contribution in [0.4, 0.5) is 0 Å². The second kappa shape index (κ2) is 3.02. The van der Waals surface area contributed by atoms with Crippen molar-refractivity contribution in [3.63, 3.8) is 0 Å². The van der Waals surface area contributed by atoms with Crippen molar-refractivity contribution in [2.75, 3.05) is 0 Å². The van der Waals surface area contributed by atoms with E-state index in [1.165, 1.54) is 6.33 Å². The zero-order valence-electron chi connectivity index (χ0n) is 5.36. The van der Waals surface area contributed by atoms with Gasteiger partial charge < -0.3 is 0 Å². The Kier molecular flexibility index (Phi) is 2.01. The molecule has 1 heterocycles. The van der Waals surface area contributed by atoms with E-state index in [4.69, 9.17) is 0 Å². The highest BCUT2D eigenvalue weighted by Gasteiger charge is 1.77. The molecule has 0 amide bonds. The Morgan fingerprint density at radius 1 is 1.67 bits per heavy atom. The molecule has 0 saturated heterocycles. The Morgan fingerprint density at radius 3 is 3.11 bits per heavy atom. The first kappa shape index (κ1) is 6.01. The van der Waals surface area contributed by atoms with Crippen molar-refractivity contribution in [1.82, 2.24) is 14.8 Å². The maximum atomic E-state index is 3.87. The average Bonchev–Trinajstić information content (AvgIpc) is 2.34. The van der Waals surface area contributed by atoms with Crippen molar-refractivity contribution < 1.29 is 0 Å². The van der Waals surface area contributed by atoms with Crippen molar-refractivity contribution >= 4 is 6.20 Å². The van der Waals surface area contributed by atoms with E-state index in [2.05, 4.69) is 17.0 Å². The van der Waals surface area contributed by atoms with Gasteiger partial charge in [-0.2, -0.15) is 5.10 Å². The van der Waals surface area contributed by atoms with Gasteiger partial charge in [0.15, 0.2) is 0 Å². The summed E-state index contributed by atoms with van der Waals surface area (Å²) in [6.45, 7) is 2.08. The second-order valence-electron chi connectivity index (χ2n) is 1.67. The lowest BCUT2D eigenvalue weighted by Crippen LogP contribution is -1.83. The van der Waals surface area contributed by atoms with E-state index < -0.39 is 0 Å². The van der Waals surface area contributed by atoms with Gasteiger partial charge in [0.1, 0.15) is 12.7 Å². The van der Waals surface area contributed by atoms with Crippen LogP contribution in [-0.2, 0) is 0 Å². The lowest BCUT2D eigenvalue weighted by molar-refractivity contribution is 0.928. The van der Waals surface area contributed by atoms with Crippen LogP contribution in [0.15, 0.2) is 18.7 Å². The minimum Gasteiger partial charge on any atom is -0.229 e. The first-order valence-electron chi connectivity index (χ1n) is 2.94. The van der Waals surface area contributed by atoms with Crippen LogP contribution in [0.5, 0.6) is 0 Å². The summed E-state index contributed by atoms with van der Waals surface area (Å²) in [6, 6.07) is 0. The van der Waals surface area contributed by atoms with Gasteiger partial charge in [-0.15, -0.1) is 0 Å². The van der Waals surface area contributed by atoms with Gasteiger partial charge in [-0.1, -0.05) is 13.0 Å². The quantitative estimate of drug-likeness (QED) is 0.590. The maximum absolute atomic E-state index is 3.87. The predicted molar refractivity (Wildman–Crippen MR) is 35.6 cm³/mol. The molecule has 0 spiro atoms. The molecular formula is C6H9N3. The Morgan fingerprint density at radius 2 is 2.56 bits per heavy atom. The highest BCUT2D eigenvalue weighted by Crippen LogP contribution is 1.83. The van der Waals surface area contributed by atoms with E-state index in [0.717, 1.165) is 6.42 Å². The lowest BCUT2D eigenvalue weighted by atomic mass is 10.5. The molecule has 0 aromatic carbocycles. The lowest BCUT2D eigenvalue weighted by Gasteiger charge is -1.83. The Bertz CT molecular complexity index is 176. The molecule has 0 aliphatic carbocycles. The summed E-state index contributed by atoms with van der Waals surface area (Å²) in [5.41, 5.74) is 0. The summed E-state index contributed by atoms with van der Waals surface area (Å²) in [4.78, 5) is 3.78. The third kappa shape index (κ3) is 1.68. The number of nitrogens with zero attached hydrogens (tertiary/aromatic N) is 3. The van der Waals surface area contributed by atoms with E-state index >= 15 is 0 Å². The first-order valence-corrected chi connectivity index (χ1v) is 2.94. The molecule has 0 aliphatic rings. The summed E-state index contributed by atoms with van der Waals surface area (Å²) in [6.07, 6.45) is 8.10. The van der Waals surface area contributed by atoms with Crippen LogP contribution in [0.25, 0.3) is 6.20 Å². The van der Waals surface area contributed by atoms with Gasteiger partial charge in [-0.25, -0.2) is 9.67 Å². The number of hydrogen-bond donors (Lipinski definition) is 0. The second-order valence-corrected chi connectivity index (χ2v) is 1.67.